The summed E-state index contributed by atoms with van der Waals surface area (Å²) in [5.74, 6) is -0.0478. The maximum absolute atomic E-state index is 12.9. The van der Waals surface area contributed by atoms with Gasteiger partial charge in [-0.25, -0.2) is 9.13 Å². The van der Waals surface area contributed by atoms with Gasteiger partial charge < -0.3 is 33.8 Å². The number of phosphoric ester groups is 2. The average Bonchev–Trinajstić information content (AvgIpc) is 3.36. The van der Waals surface area contributed by atoms with E-state index in [1.165, 1.54) is 70.6 Å². The number of ether oxygens (including phenoxy) is 4. The molecule has 0 amide bonds. The van der Waals surface area contributed by atoms with Gasteiger partial charge in [-0.2, -0.15) is 0 Å². The van der Waals surface area contributed by atoms with Crippen molar-refractivity contribution in [3.8, 4) is 0 Å². The molecule has 5 atom stereocenters. The molecule has 2 unspecified atom stereocenters. The summed E-state index contributed by atoms with van der Waals surface area (Å²) in [7, 11) is -9.86. The number of aliphatic hydroxyl groups is 1. The fourth-order valence-corrected chi connectivity index (χ4v) is 9.82. The van der Waals surface area contributed by atoms with Crippen LogP contribution in [-0.4, -0.2) is 96.7 Å². The van der Waals surface area contributed by atoms with E-state index in [2.05, 4.69) is 48.5 Å². The van der Waals surface area contributed by atoms with Crippen molar-refractivity contribution in [2.45, 2.75) is 285 Å². The van der Waals surface area contributed by atoms with Crippen LogP contribution in [0.15, 0.2) is 0 Å². The lowest BCUT2D eigenvalue weighted by atomic mass is 10.0. The highest BCUT2D eigenvalue weighted by atomic mass is 31.2. The molecule has 0 heterocycles. The van der Waals surface area contributed by atoms with Gasteiger partial charge in [-0.15, -0.1) is 0 Å². The third-order valence-electron chi connectivity index (χ3n) is 12.9. The molecule has 17 nitrogen and oxygen atoms in total. The van der Waals surface area contributed by atoms with Gasteiger partial charge in [-0.3, -0.25) is 37.3 Å². The van der Waals surface area contributed by atoms with Crippen LogP contribution in [0.4, 0.5) is 0 Å². The highest BCUT2D eigenvalue weighted by molar-refractivity contribution is 7.47. The van der Waals surface area contributed by atoms with Crippen LogP contribution < -0.4 is 0 Å². The predicted molar refractivity (Wildman–Crippen MR) is 298 cm³/mol. The van der Waals surface area contributed by atoms with Gasteiger partial charge in [0.1, 0.15) is 19.3 Å². The Kier molecular flexibility index (Phi) is 47.7. The number of unbranched alkanes of at least 4 members (excludes halogenated alkanes) is 23. The Bertz CT molecular complexity index is 1530. The van der Waals surface area contributed by atoms with E-state index >= 15 is 0 Å². The van der Waals surface area contributed by atoms with Crippen LogP contribution in [0.3, 0.4) is 0 Å². The number of esters is 4. The molecule has 0 aliphatic carbocycles. The van der Waals surface area contributed by atoms with Crippen molar-refractivity contribution >= 4 is 39.5 Å². The summed E-state index contributed by atoms with van der Waals surface area (Å²) >= 11 is 0. The van der Waals surface area contributed by atoms with E-state index in [9.17, 15) is 43.2 Å². The molecule has 0 aromatic carbocycles. The van der Waals surface area contributed by atoms with Crippen LogP contribution in [0.1, 0.15) is 267 Å². The second kappa shape index (κ2) is 48.9. The lowest BCUT2D eigenvalue weighted by Crippen LogP contribution is -2.30. The van der Waals surface area contributed by atoms with Crippen LogP contribution in [0.25, 0.3) is 0 Å². The van der Waals surface area contributed by atoms with Gasteiger partial charge in [-0.1, -0.05) is 215 Å². The molecule has 0 fully saturated rings. The SMILES string of the molecule is CCCCCCCC(=O)OC[C@H](COP(=O)(O)OC[C@H](O)COP(=O)(O)OC[C@@H](COC(=O)CCCCCCCCCCC(C)C)OC(=O)CCCCCCCCCCC(C)C)OC(=O)CCCCCCCCC(C)C. The van der Waals surface area contributed by atoms with Crippen molar-refractivity contribution < 1.29 is 80.2 Å². The first kappa shape index (κ1) is 74.1. The molecule has 0 rings (SSSR count). The molecule has 19 heteroatoms. The first-order valence-corrected chi connectivity index (χ1v) is 32.8. The van der Waals surface area contributed by atoms with Gasteiger partial charge in [-0.05, 0) is 43.4 Å². The highest BCUT2D eigenvalue weighted by Gasteiger charge is 2.30. The Morgan fingerprint density at radius 1 is 0.355 bits per heavy atom. The van der Waals surface area contributed by atoms with Crippen molar-refractivity contribution in [3.05, 3.63) is 0 Å². The molecule has 0 bridgehead atoms. The number of hydrogen-bond acceptors (Lipinski definition) is 15. The Morgan fingerprint density at radius 2 is 0.605 bits per heavy atom. The summed E-state index contributed by atoms with van der Waals surface area (Å²) in [6, 6.07) is 0. The van der Waals surface area contributed by atoms with Gasteiger partial charge in [0.15, 0.2) is 12.2 Å². The van der Waals surface area contributed by atoms with Crippen molar-refractivity contribution in [3.63, 3.8) is 0 Å². The van der Waals surface area contributed by atoms with Gasteiger partial charge in [0.2, 0.25) is 0 Å². The molecule has 0 aromatic heterocycles. The maximum Gasteiger partial charge on any atom is 0.472 e. The number of rotatable bonds is 55. The zero-order chi connectivity index (χ0) is 56.7. The third-order valence-corrected chi connectivity index (χ3v) is 14.8. The quantitative estimate of drug-likeness (QED) is 0.0222. The Hall–Kier alpha value is -1.94. The molecule has 3 N–H and O–H groups in total. The second-order valence-corrected chi connectivity index (χ2v) is 25.0. The van der Waals surface area contributed by atoms with Crippen molar-refractivity contribution in [2.75, 3.05) is 39.6 Å². The monoisotopic (exact) mass is 1130 g/mol. The summed E-state index contributed by atoms with van der Waals surface area (Å²) in [4.78, 5) is 71.6. The minimum Gasteiger partial charge on any atom is -0.462 e. The van der Waals surface area contributed by atoms with E-state index < -0.39 is 97.5 Å². The molecule has 0 aliphatic rings. The van der Waals surface area contributed by atoms with Gasteiger partial charge >= 0.3 is 39.5 Å². The van der Waals surface area contributed by atoms with Gasteiger partial charge in [0.05, 0.1) is 26.4 Å². The first-order valence-electron chi connectivity index (χ1n) is 29.8. The van der Waals surface area contributed by atoms with Crippen LogP contribution >= 0.6 is 15.6 Å². The summed E-state index contributed by atoms with van der Waals surface area (Å²) in [6.07, 6.45) is 27.2. The number of hydrogen-bond donors (Lipinski definition) is 3. The largest absolute Gasteiger partial charge is 0.472 e. The maximum atomic E-state index is 12.9. The normalized spacial score (nSPS) is 14.6. The zero-order valence-corrected chi connectivity index (χ0v) is 50.5. The number of carbonyl (C=O) groups is 4. The van der Waals surface area contributed by atoms with Crippen LogP contribution in [0, 0.1) is 17.8 Å². The fraction of sp³-hybridized carbons (Fsp3) is 0.930. The van der Waals surface area contributed by atoms with Crippen LogP contribution in [-0.2, 0) is 65.4 Å². The summed E-state index contributed by atoms with van der Waals surface area (Å²) in [6.45, 7) is 11.5. The summed E-state index contributed by atoms with van der Waals surface area (Å²) in [5.41, 5.74) is 0. The predicted octanol–water partition coefficient (Wildman–Crippen LogP) is 14.8. The molecule has 76 heavy (non-hydrogen) atoms. The van der Waals surface area contributed by atoms with E-state index in [1.807, 2.05) is 0 Å². The van der Waals surface area contributed by atoms with Crippen molar-refractivity contribution in [2.24, 2.45) is 17.8 Å². The van der Waals surface area contributed by atoms with Crippen molar-refractivity contribution in [1.29, 1.82) is 0 Å². The number of phosphoric acid groups is 2. The van der Waals surface area contributed by atoms with E-state index in [0.717, 1.165) is 108 Å². The lowest BCUT2D eigenvalue weighted by molar-refractivity contribution is -0.161. The molecular formula is C57H110O17P2. The molecule has 0 saturated heterocycles. The van der Waals surface area contributed by atoms with E-state index in [0.29, 0.717) is 31.6 Å². The molecule has 450 valence electrons. The van der Waals surface area contributed by atoms with E-state index in [4.69, 9.17) is 37.0 Å². The van der Waals surface area contributed by atoms with Crippen LogP contribution in [0.2, 0.25) is 0 Å². The average molecular weight is 1130 g/mol. The summed E-state index contributed by atoms with van der Waals surface area (Å²) < 4.78 is 67.4. The van der Waals surface area contributed by atoms with E-state index in [-0.39, 0.29) is 25.7 Å². The second-order valence-electron chi connectivity index (χ2n) is 22.1. The zero-order valence-electron chi connectivity index (χ0n) is 48.7. The lowest BCUT2D eigenvalue weighted by Gasteiger charge is -2.21. The third kappa shape index (κ3) is 51.5. The minimum atomic E-state index is -4.94. The smallest absolute Gasteiger partial charge is 0.462 e. The highest BCUT2D eigenvalue weighted by Crippen LogP contribution is 2.45. The topological polar surface area (TPSA) is 237 Å². The first-order chi connectivity index (χ1) is 36.2. The van der Waals surface area contributed by atoms with E-state index in [1.54, 1.807) is 0 Å². The van der Waals surface area contributed by atoms with Crippen LogP contribution in [0.5, 0.6) is 0 Å². The van der Waals surface area contributed by atoms with Crippen molar-refractivity contribution in [1.82, 2.24) is 0 Å². The molecule has 0 aromatic rings. The molecular weight excluding hydrogens is 1020 g/mol. The number of aliphatic hydroxyl groups excluding tert-OH is 1. The molecule has 0 saturated carbocycles. The Morgan fingerprint density at radius 3 is 0.895 bits per heavy atom. The standard InChI is InChI=1S/C57H110O17P2/c1-8-9-10-21-31-38-54(59)67-44-52(74-57(62)41-34-27-20-19-24-30-37-50(6)7)46-71-75(63,64)69-42-51(58)43-70-76(65,66)72-47-53(73-56(61)40-33-26-18-14-12-16-23-29-36-49(4)5)45-68-55(60)39-32-25-17-13-11-15-22-28-35-48(2)3/h48-53,58H,8-47H2,1-7H3,(H,63,64)(H,65,66)/t51-,52+,53+/m0/s1. The minimum absolute atomic E-state index is 0.100. The fourth-order valence-electron chi connectivity index (χ4n) is 8.24. The molecule has 0 radical (unpaired) electrons. The van der Waals surface area contributed by atoms with Gasteiger partial charge in [0, 0.05) is 25.7 Å². The molecule has 0 spiro atoms. The Balaban J connectivity index is 5.20. The Labute approximate surface area is 460 Å². The molecule has 0 aliphatic heterocycles. The van der Waals surface area contributed by atoms with Gasteiger partial charge in [0.25, 0.3) is 0 Å². The summed E-state index contributed by atoms with van der Waals surface area (Å²) in [5, 5.41) is 10.5. The number of carbonyl (C=O) groups excluding carboxylic acids is 4.